The van der Waals surface area contributed by atoms with E-state index in [9.17, 15) is 5.11 Å². The fourth-order valence-corrected chi connectivity index (χ4v) is 5.73. The first-order chi connectivity index (χ1) is 16.0. The number of aromatic hydroxyl groups is 1. The van der Waals surface area contributed by atoms with Crippen molar-refractivity contribution in [1.29, 1.82) is 0 Å². The molecule has 0 atom stereocenters. The Hall–Kier alpha value is -2.79. The van der Waals surface area contributed by atoms with E-state index < -0.39 is 0 Å². The molecule has 0 radical (unpaired) electrons. The summed E-state index contributed by atoms with van der Waals surface area (Å²) in [6.07, 6.45) is 1.04. The average molecular weight is 476 g/mol. The molecule has 5 rings (SSSR count). The Morgan fingerprint density at radius 2 is 1.88 bits per heavy atom. The molecule has 1 aliphatic rings. The molecule has 1 N–H and O–H groups in total. The predicted octanol–water partition coefficient (Wildman–Crippen LogP) is 7.61. The topological polar surface area (TPSA) is 32.7 Å². The molecule has 0 bridgehead atoms. The van der Waals surface area contributed by atoms with Crippen LogP contribution in [0.5, 0.6) is 17.2 Å². The van der Waals surface area contributed by atoms with Crippen LogP contribution in [-0.4, -0.2) is 29.6 Å². The van der Waals surface area contributed by atoms with Crippen LogP contribution in [0.4, 0.5) is 0 Å². The van der Waals surface area contributed by atoms with Crippen molar-refractivity contribution < 1.29 is 9.84 Å². The second kappa shape index (κ2) is 9.22. The molecule has 0 aliphatic carbocycles. The van der Waals surface area contributed by atoms with Gasteiger partial charge >= 0.3 is 0 Å². The Bertz CT molecular complexity index is 1310. The molecule has 3 nitrogen and oxygen atoms in total. The predicted molar refractivity (Wildman–Crippen MR) is 139 cm³/mol. The van der Waals surface area contributed by atoms with E-state index in [0.29, 0.717) is 5.02 Å². The minimum atomic E-state index is 0.228. The van der Waals surface area contributed by atoms with Crippen LogP contribution in [0, 0.1) is 5.92 Å². The first-order valence-electron chi connectivity index (χ1n) is 11.2. The summed E-state index contributed by atoms with van der Waals surface area (Å²) in [5.74, 6) is 2.57. The average Bonchev–Trinajstić information content (AvgIpc) is 3.14. The maximum Gasteiger partial charge on any atom is 0.153 e. The van der Waals surface area contributed by atoms with Gasteiger partial charge in [-0.05, 0) is 59.9 Å². The zero-order valence-corrected chi connectivity index (χ0v) is 20.1. The van der Waals surface area contributed by atoms with Crippen molar-refractivity contribution in [3.63, 3.8) is 0 Å². The SMILES string of the molecule is C=C(c1ccccc1Cl)c1sc2cc(O)ccc2c1Oc1ccc(CCN2CC(C)C2)cc1. The lowest BCUT2D eigenvalue weighted by molar-refractivity contribution is 0.115. The minimum Gasteiger partial charge on any atom is -0.508 e. The maximum atomic E-state index is 10.00. The van der Waals surface area contributed by atoms with Crippen molar-refractivity contribution in [3.05, 3.63) is 94.3 Å². The first-order valence-corrected chi connectivity index (χ1v) is 12.4. The van der Waals surface area contributed by atoms with Crippen LogP contribution < -0.4 is 4.74 Å². The third kappa shape index (κ3) is 4.65. The molecule has 168 valence electrons. The van der Waals surface area contributed by atoms with Crippen molar-refractivity contribution in [3.8, 4) is 17.2 Å². The normalized spacial score (nSPS) is 14.4. The van der Waals surface area contributed by atoms with E-state index in [1.807, 2.05) is 42.5 Å². The maximum absolute atomic E-state index is 10.00. The molecular weight excluding hydrogens is 450 g/mol. The van der Waals surface area contributed by atoms with Gasteiger partial charge in [0, 0.05) is 40.3 Å². The van der Waals surface area contributed by atoms with Gasteiger partial charge in [0.25, 0.3) is 0 Å². The van der Waals surface area contributed by atoms with Crippen molar-refractivity contribution in [2.24, 2.45) is 5.92 Å². The van der Waals surface area contributed by atoms with E-state index in [2.05, 4.69) is 30.5 Å². The largest absolute Gasteiger partial charge is 0.508 e. The second-order valence-corrected chi connectivity index (χ2v) is 10.2. The third-order valence-electron chi connectivity index (χ3n) is 6.10. The van der Waals surface area contributed by atoms with Gasteiger partial charge in [0.2, 0.25) is 0 Å². The first kappa shape index (κ1) is 22.0. The molecular formula is C28H26ClNO2S. The van der Waals surface area contributed by atoms with E-state index >= 15 is 0 Å². The number of hydrogen-bond donors (Lipinski definition) is 1. The Kier molecular flexibility index (Phi) is 6.15. The zero-order chi connectivity index (χ0) is 22.9. The van der Waals surface area contributed by atoms with Crippen LogP contribution in [0.3, 0.4) is 0 Å². The lowest BCUT2D eigenvalue weighted by atomic mass is 10.0. The van der Waals surface area contributed by atoms with Crippen molar-refractivity contribution in [2.75, 3.05) is 19.6 Å². The molecule has 0 unspecified atom stereocenters. The number of thiophene rings is 1. The summed E-state index contributed by atoms with van der Waals surface area (Å²) in [4.78, 5) is 3.40. The molecule has 3 aromatic carbocycles. The van der Waals surface area contributed by atoms with Crippen molar-refractivity contribution >= 4 is 38.6 Å². The Morgan fingerprint density at radius 3 is 2.61 bits per heavy atom. The van der Waals surface area contributed by atoms with Gasteiger partial charge in [-0.25, -0.2) is 0 Å². The molecule has 0 saturated carbocycles. The van der Waals surface area contributed by atoms with Gasteiger partial charge < -0.3 is 14.7 Å². The molecule has 1 fully saturated rings. The number of rotatable bonds is 7. The molecule has 5 heteroatoms. The molecule has 4 aromatic rings. The van der Waals surface area contributed by atoms with Crippen LogP contribution in [0.2, 0.25) is 5.02 Å². The summed E-state index contributed by atoms with van der Waals surface area (Å²) in [5.41, 5.74) is 2.98. The number of phenolic OH excluding ortho intramolecular Hbond substituents is 1. The van der Waals surface area contributed by atoms with E-state index in [0.717, 1.165) is 56.5 Å². The van der Waals surface area contributed by atoms with Gasteiger partial charge in [-0.15, -0.1) is 11.3 Å². The smallest absolute Gasteiger partial charge is 0.153 e. The summed E-state index contributed by atoms with van der Waals surface area (Å²) in [6, 6.07) is 21.4. The fraction of sp³-hybridized carbons (Fsp3) is 0.214. The number of nitrogens with zero attached hydrogens (tertiary/aromatic N) is 1. The number of hydrogen-bond acceptors (Lipinski definition) is 4. The van der Waals surface area contributed by atoms with Crippen LogP contribution in [-0.2, 0) is 6.42 Å². The number of halogens is 1. The Balaban J connectivity index is 1.43. The number of benzene rings is 3. The number of ether oxygens (including phenoxy) is 1. The summed E-state index contributed by atoms with van der Waals surface area (Å²) in [6.45, 7) is 10.1. The lowest BCUT2D eigenvalue weighted by Crippen LogP contribution is -2.45. The fourth-order valence-electron chi connectivity index (χ4n) is 4.33. The standard InChI is InChI=1S/C28H26ClNO2S/c1-18-16-30(17-18)14-13-20-7-10-22(11-8-20)32-27-24-12-9-21(31)15-26(24)33-28(27)19(2)23-5-3-4-6-25(23)29/h3-12,15,18,31H,2,13-14,16-17H2,1H3. The highest BCUT2D eigenvalue weighted by Gasteiger charge is 2.22. The monoisotopic (exact) mass is 475 g/mol. The Morgan fingerprint density at radius 1 is 1.12 bits per heavy atom. The second-order valence-electron chi connectivity index (χ2n) is 8.76. The molecule has 33 heavy (non-hydrogen) atoms. The third-order valence-corrected chi connectivity index (χ3v) is 7.62. The highest BCUT2D eigenvalue weighted by Crippen LogP contribution is 2.46. The Labute approximate surface area is 203 Å². The molecule has 1 aromatic heterocycles. The van der Waals surface area contributed by atoms with Gasteiger partial charge in [-0.2, -0.15) is 0 Å². The van der Waals surface area contributed by atoms with Gasteiger partial charge in [-0.1, -0.05) is 55.4 Å². The van der Waals surface area contributed by atoms with Crippen molar-refractivity contribution in [1.82, 2.24) is 4.90 Å². The molecule has 1 saturated heterocycles. The summed E-state index contributed by atoms with van der Waals surface area (Å²) >= 11 is 8.00. The number of fused-ring (bicyclic) bond motifs is 1. The zero-order valence-electron chi connectivity index (χ0n) is 18.6. The molecule has 2 heterocycles. The van der Waals surface area contributed by atoms with Gasteiger partial charge in [0.05, 0.1) is 4.88 Å². The van der Waals surface area contributed by atoms with Crippen LogP contribution in [0.25, 0.3) is 15.7 Å². The molecule has 0 amide bonds. The van der Waals surface area contributed by atoms with Gasteiger partial charge in [0.1, 0.15) is 11.5 Å². The summed E-state index contributed by atoms with van der Waals surface area (Å²) < 4.78 is 7.37. The lowest BCUT2D eigenvalue weighted by Gasteiger charge is -2.37. The highest BCUT2D eigenvalue weighted by atomic mass is 35.5. The van der Waals surface area contributed by atoms with Crippen LogP contribution in [0.15, 0.2) is 73.3 Å². The van der Waals surface area contributed by atoms with E-state index in [1.54, 1.807) is 23.5 Å². The van der Waals surface area contributed by atoms with Gasteiger partial charge in [-0.3, -0.25) is 0 Å². The van der Waals surface area contributed by atoms with Crippen molar-refractivity contribution in [2.45, 2.75) is 13.3 Å². The minimum absolute atomic E-state index is 0.228. The van der Waals surface area contributed by atoms with Gasteiger partial charge in [0.15, 0.2) is 5.75 Å². The number of likely N-dealkylation sites (tertiary alicyclic amines) is 1. The van der Waals surface area contributed by atoms with E-state index in [1.165, 1.54) is 18.7 Å². The quantitative estimate of drug-likeness (QED) is 0.298. The number of phenols is 1. The van der Waals surface area contributed by atoms with E-state index in [4.69, 9.17) is 16.3 Å². The van der Waals surface area contributed by atoms with Crippen LogP contribution in [0.1, 0.15) is 22.9 Å². The molecule has 1 aliphatic heterocycles. The van der Waals surface area contributed by atoms with Crippen LogP contribution >= 0.6 is 22.9 Å². The molecule has 0 spiro atoms. The summed E-state index contributed by atoms with van der Waals surface area (Å²) in [5, 5.41) is 11.6. The highest BCUT2D eigenvalue weighted by molar-refractivity contribution is 7.20. The van der Waals surface area contributed by atoms with E-state index in [-0.39, 0.29) is 5.75 Å². The summed E-state index contributed by atoms with van der Waals surface area (Å²) in [7, 11) is 0.